The molecule has 0 bridgehead atoms. The Bertz CT molecular complexity index is 2480. The van der Waals surface area contributed by atoms with Gasteiger partial charge in [-0.2, -0.15) is 0 Å². The van der Waals surface area contributed by atoms with Crippen molar-refractivity contribution in [2.24, 2.45) is 11.8 Å². The van der Waals surface area contributed by atoms with Crippen molar-refractivity contribution in [3.8, 4) is 0 Å². The van der Waals surface area contributed by atoms with E-state index in [1.807, 2.05) is 0 Å². The molecule has 2 saturated carbocycles. The zero-order chi connectivity index (χ0) is 41.6. The number of anilines is 1. The van der Waals surface area contributed by atoms with Crippen molar-refractivity contribution < 1.29 is 50.3 Å². The second kappa shape index (κ2) is 16.1. The van der Waals surface area contributed by atoms with Crippen LogP contribution in [0.4, 0.5) is 23.2 Å². The zero-order valence-electron chi connectivity index (χ0n) is 31.9. The fourth-order valence-electron chi connectivity index (χ4n) is 8.34. The van der Waals surface area contributed by atoms with Gasteiger partial charge in [0.1, 0.15) is 22.5 Å². The van der Waals surface area contributed by atoms with Crippen LogP contribution in [-0.2, 0) is 25.7 Å². The number of amides is 3. The minimum absolute atomic E-state index is 0.0229. The van der Waals surface area contributed by atoms with E-state index >= 15 is 0 Å². The minimum Gasteiger partial charge on any atom is -0.460 e. The monoisotopic (exact) mass is 810 g/mol. The van der Waals surface area contributed by atoms with Crippen LogP contribution in [0.3, 0.4) is 0 Å². The van der Waals surface area contributed by atoms with Gasteiger partial charge in [-0.1, -0.05) is 25.0 Å². The van der Waals surface area contributed by atoms with E-state index in [0.717, 1.165) is 38.5 Å². The molecular formula is C40H42F4N6O8. The minimum atomic E-state index is -2.62. The molecule has 14 nitrogen and oxygen atoms in total. The Morgan fingerprint density at radius 2 is 1.47 bits per heavy atom. The SMILES string of the molecule is CCOC(=O)c1oc2cc(C(F)F)ccc2c1N.CN1CC(=O)N[C@@H]2CCC[C@@H]2C1=O.CN1Cc2nc3c(oc4cc(C(F)F)ccc43)c(=O)n2[C@@H]2CCC[C@@H]2C1=O. The molecular weight excluding hydrogens is 768 g/mol. The van der Waals surface area contributed by atoms with E-state index in [9.17, 15) is 41.5 Å². The number of likely N-dealkylation sites (N-methyl/N-ethyl adjacent to an activating group) is 1. The van der Waals surface area contributed by atoms with Crippen molar-refractivity contribution >= 4 is 62.4 Å². The third-order valence-corrected chi connectivity index (χ3v) is 11.2. The summed E-state index contributed by atoms with van der Waals surface area (Å²) in [7, 11) is 3.41. The van der Waals surface area contributed by atoms with Gasteiger partial charge in [0.25, 0.3) is 18.4 Å². The summed E-state index contributed by atoms with van der Waals surface area (Å²) in [6.07, 6.45) is 0.0604. The third-order valence-electron chi connectivity index (χ3n) is 11.2. The molecule has 0 unspecified atom stereocenters. The maximum Gasteiger partial charge on any atom is 0.376 e. The van der Waals surface area contributed by atoms with Crippen molar-refractivity contribution in [3.63, 3.8) is 0 Å². The van der Waals surface area contributed by atoms with Gasteiger partial charge >= 0.3 is 5.97 Å². The molecule has 9 rings (SSSR count). The number of rotatable bonds is 4. The predicted molar refractivity (Wildman–Crippen MR) is 202 cm³/mol. The van der Waals surface area contributed by atoms with E-state index < -0.39 is 18.8 Å². The molecule has 3 fully saturated rings. The summed E-state index contributed by atoms with van der Waals surface area (Å²) >= 11 is 0. The van der Waals surface area contributed by atoms with Gasteiger partial charge in [0.05, 0.1) is 43.3 Å². The molecule has 18 heteroatoms. The van der Waals surface area contributed by atoms with Crippen LogP contribution < -0.4 is 16.6 Å². The van der Waals surface area contributed by atoms with E-state index in [2.05, 4.69) is 10.3 Å². The number of hydrogen-bond donors (Lipinski definition) is 2. The third kappa shape index (κ3) is 7.46. The maximum atomic E-state index is 13.2. The molecule has 0 radical (unpaired) electrons. The summed E-state index contributed by atoms with van der Waals surface area (Å²) in [6.45, 7) is 2.27. The molecule has 2 aliphatic carbocycles. The lowest BCUT2D eigenvalue weighted by Crippen LogP contribution is -2.37. The average Bonchev–Trinajstić information content (AvgIpc) is 3.98. The molecule has 1 saturated heterocycles. The number of carbonyl (C=O) groups is 4. The molecule has 4 atom stereocenters. The number of halogens is 4. The Morgan fingerprint density at radius 1 is 0.862 bits per heavy atom. The fraction of sp³-hybridized carbons (Fsp3) is 0.450. The Labute approximate surface area is 328 Å². The number of fused-ring (bicyclic) bond motifs is 8. The van der Waals surface area contributed by atoms with Crippen LogP contribution in [-0.4, -0.2) is 76.3 Å². The van der Waals surface area contributed by atoms with Crippen molar-refractivity contribution in [1.29, 1.82) is 0 Å². The lowest BCUT2D eigenvalue weighted by molar-refractivity contribution is -0.135. The number of benzene rings is 2. The van der Waals surface area contributed by atoms with E-state index in [-0.39, 0.29) is 106 Å². The number of hydrogen-bond acceptors (Lipinski definition) is 10. The van der Waals surface area contributed by atoms with Crippen LogP contribution in [0.5, 0.6) is 0 Å². The van der Waals surface area contributed by atoms with Crippen LogP contribution in [0.1, 0.15) is 91.8 Å². The molecule has 308 valence electrons. The summed E-state index contributed by atoms with van der Waals surface area (Å²) in [5.41, 5.74) is 5.91. The second-order valence-electron chi connectivity index (χ2n) is 14.9. The highest BCUT2D eigenvalue weighted by Crippen LogP contribution is 2.40. The molecule has 0 spiro atoms. The summed E-state index contributed by atoms with van der Waals surface area (Å²) in [4.78, 5) is 68.1. The average molecular weight is 811 g/mol. The zero-order valence-corrected chi connectivity index (χ0v) is 31.9. The van der Waals surface area contributed by atoms with E-state index in [0.29, 0.717) is 22.1 Å². The molecule has 3 N–H and O–H groups in total. The first-order chi connectivity index (χ1) is 27.7. The molecule has 4 aliphatic rings. The van der Waals surface area contributed by atoms with Gasteiger partial charge in [-0.3, -0.25) is 23.7 Å². The normalized spacial score (nSPS) is 21.6. The van der Waals surface area contributed by atoms with Gasteiger partial charge in [0.2, 0.25) is 29.1 Å². The lowest BCUT2D eigenvalue weighted by atomic mass is 10.0. The van der Waals surface area contributed by atoms with Gasteiger partial charge in [-0.05, 0) is 56.9 Å². The smallest absolute Gasteiger partial charge is 0.376 e. The number of carbonyl (C=O) groups excluding carboxylic acids is 4. The summed E-state index contributed by atoms with van der Waals surface area (Å²) in [6, 6.07) is 7.76. The molecule has 5 heterocycles. The number of nitrogen functional groups attached to an aromatic ring is 1. The number of furan rings is 2. The molecule has 3 aromatic heterocycles. The van der Waals surface area contributed by atoms with Crippen LogP contribution in [0.2, 0.25) is 0 Å². The van der Waals surface area contributed by atoms with Crippen LogP contribution >= 0.6 is 0 Å². The van der Waals surface area contributed by atoms with E-state index in [1.54, 1.807) is 30.5 Å². The highest BCUT2D eigenvalue weighted by atomic mass is 19.3. The number of nitrogens with two attached hydrogens (primary N) is 1. The lowest BCUT2D eigenvalue weighted by Gasteiger charge is -2.19. The quantitative estimate of drug-likeness (QED) is 0.155. The Kier molecular flexibility index (Phi) is 11.2. The highest BCUT2D eigenvalue weighted by molar-refractivity contribution is 6.04. The summed E-state index contributed by atoms with van der Waals surface area (Å²) in [5.74, 6) is -0.405. The number of nitrogens with one attached hydrogen (secondary N) is 1. The molecule has 5 aromatic rings. The van der Waals surface area contributed by atoms with Crippen molar-refractivity contribution in [2.45, 2.75) is 76.9 Å². The largest absolute Gasteiger partial charge is 0.460 e. The van der Waals surface area contributed by atoms with Gasteiger partial charge in [-0.25, -0.2) is 27.3 Å². The van der Waals surface area contributed by atoms with Crippen LogP contribution in [0.15, 0.2) is 50.0 Å². The van der Waals surface area contributed by atoms with E-state index in [4.69, 9.17) is 19.3 Å². The second-order valence-corrected chi connectivity index (χ2v) is 14.9. The highest BCUT2D eigenvalue weighted by Gasteiger charge is 2.41. The first kappa shape index (κ1) is 40.3. The Hall–Kier alpha value is -5.94. The number of ether oxygens (including phenoxy) is 1. The summed E-state index contributed by atoms with van der Waals surface area (Å²) in [5, 5.41) is 3.84. The van der Waals surface area contributed by atoms with Gasteiger partial charge in [-0.15, -0.1) is 0 Å². The van der Waals surface area contributed by atoms with Crippen molar-refractivity contribution in [1.82, 2.24) is 24.7 Å². The van der Waals surface area contributed by atoms with Crippen LogP contribution in [0.25, 0.3) is 33.0 Å². The number of alkyl halides is 4. The van der Waals surface area contributed by atoms with Gasteiger partial charge in [0, 0.05) is 42.0 Å². The Balaban J connectivity index is 0.000000143. The van der Waals surface area contributed by atoms with Gasteiger partial charge in [0.15, 0.2) is 0 Å². The predicted octanol–water partition coefficient (Wildman–Crippen LogP) is 6.27. The maximum absolute atomic E-state index is 13.2. The molecule has 3 amide bonds. The Morgan fingerprint density at radius 3 is 2.14 bits per heavy atom. The summed E-state index contributed by atoms with van der Waals surface area (Å²) < 4.78 is 68.2. The van der Waals surface area contributed by atoms with Crippen molar-refractivity contribution in [2.75, 3.05) is 33.0 Å². The number of aromatic nitrogens is 2. The standard InChI is InChI=1S/C19H17F2N3O3.C12H11F2NO3.C9H14N2O2/c1-23-8-14-22-15-11-6-5-9(17(20)21)7-13(11)27-16(15)19(26)24(14)12-4-2-3-10(12)18(23)25;1-2-17-12(16)10-9(15)7-4-3-6(11(13)14)5-8(7)18-10;1-11-5-8(12)10-7-4-2-3-6(7)9(11)13/h5-7,10,12,17H,2-4,8H2,1H3;3-5,11H,2,15H2,1H3;6-7H,2-5H2,1H3,(H,10,12)/t10-,12+;;6-,7+/m0.0/s1. The number of nitrogens with zero attached hydrogens (tertiary/aromatic N) is 4. The van der Waals surface area contributed by atoms with Crippen molar-refractivity contribution in [3.05, 3.63) is 69.5 Å². The van der Waals surface area contributed by atoms with E-state index in [1.165, 1.54) is 41.3 Å². The number of esters is 1. The molecule has 58 heavy (non-hydrogen) atoms. The first-order valence-corrected chi connectivity index (χ1v) is 19.0. The first-order valence-electron chi connectivity index (χ1n) is 19.0. The fourth-order valence-corrected chi connectivity index (χ4v) is 8.34. The van der Waals surface area contributed by atoms with Crippen LogP contribution in [0, 0.1) is 11.8 Å². The molecule has 2 aliphatic heterocycles. The molecule has 2 aromatic carbocycles. The topological polar surface area (TPSA) is 183 Å². The van der Waals surface area contributed by atoms with Gasteiger partial charge < -0.3 is 34.4 Å².